The number of aliphatic hydroxyl groups excluding tert-OH is 16. The van der Waals surface area contributed by atoms with Crippen LogP contribution in [0.1, 0.15) is 353 Å². The first kappa shape index (κ1) is 126. The van der Waals surface area contributed by atoms with Gasteiger partial charge in [0.2, 0.25) is 0 Å². The minimum atomic E-state index is -1.67. The van der Waals surface area contributed by atoms with Gasteiger partial charge in [-0.15, -0.1) is 0 Å². The average Bonchev–Trinajstić information content (AvgIpc) is 0.794. The smallest absolute Gasteiger partial charge is 0.308 e. The van der Waals surface area contributed by atoms with E-state index in [1.807, 2.05) is 0 Å². The van der Waals surface area contributed by atoms with Crippen LogP contribution in [-0.4, -0.2) is 359 Å². The quantitative estimate of drug-likeness (QED) is 0.0212. The summed E-state index contributed by atoms with van der Waals surface area (Å²) in [6.07, 6.45) is -11.2. The molecule has 36 unspecified atom stereocenters. The fraction of sp³-hybridized carbons (Fsp3) is 0.938. The second-order valence-corrected chi connectivity index (χ2v) is 37.6. The fourth-order valence-electron chi connectivity index (χ4n) is 16.8. The Labute approximate surface area is 803 Å². The summed E-state index contributed by atoms with van der Waals surface area (Å²) in [6, 6.07) is 0. The zero-order valence-electron chi connectivity index (χ0n) is 82.6. The van der Waals surface area contributed by atoms with E-state index in [-0.39, 0.29) is 38.5 Å². The van der Waals surface area contributed by atoms with Crippen molar-refractivity contribution in [1.29, 1.82) is 0 Å². The molecular weight excluding hydrogens is 1790 g/mol. The first-order chi connectivity index (χ1) is 64.5. The lowest BCUT2D eigenvalue weighted by Crippen LogP contribution is -2.63. The molecule has 6 aliphatic rings. The van der Waals surface area contributed by atoms with E-state index < -0.39 is 257 Å². The Morgan fingerprint density at radius 3 is 0.618 bits per heavy atom. The van der Waals surface area contributed by atoms with E-state index in [0.717, 1.165) is 193 Å². The van der Waals surface area contributed by atoms with Crippen molar-refractivity contribution in [2.75, 3.05) is 0 Å². The summed E-state index contributed by atoms with van der Waals surface area (Å²) in [6.45, 7) is 21.9. The molecule has 6 aliphatic heterocycles. The largest absolute Gasteiger partial charge is 0.481 e. The molecule has 0 saturated carbocycles. The van der Waals surface area contributed by atoms with Crippen molar-refractivity contribution in [2.45, 2.75) is 574 Å². The number of unbranched alkanes of at least 4 members (excludes halogenated alkanes) is 24. The molecular formula is C96H176O40. The normalized spacial score (nSPS) is 33.2. The number of carbonyl (C=O) groups is 6. The number of aliphatic hydroxyl groups is 16. The third-order valence-electron chi connectivity index (χ3n) is 25.5. The molecule has 0 bridgehead atoms. The highest BCUT2D eigenvalue weighted by Crippen LogP contribution is 2.36. The van der Waals surface area contributed by atoms with Crippen LogP contribution in [0.4, 0.5) is 0 Å². The van der Waals surface area contributed by atoms with E-state index in [9.17, 15) is 126 Å². The average molecular weight is 1970 g/mol. The Balaban J connectivity index is 0.000000478. The van der Waals surface area contributed by atoms with Crippen LogP contribution < -0.4 is 0 Å². The van der Waals surface area contributed by atoms with Gasteiger partial charge in [-0.3, -0.25) is 28.8 Å². The van der Waals surface area contributed by atoms with Crippen LogP contribution in [0.5, 0.6) is 0 Å². The molecule has 0 aliphatic carbocycles. The summed E-state index contributed by atoms with van der Waals surface area (Å²) in [5.74, 6) is -5.27. The van der Waals surface area contributed by atoms with Crippen LogP contribution in [-0.2, 0) is 95.1 Å². The van der Waals surface area contributed by atoms with E-state index in [4.69, 9.17) is 71.4 Å². The molecule has 0 amide bonds. The highest BCUT2D eigenvalue weighted by molar-refractivity contribution is 5.73. The second-order valence-electron chi connectivity index (χ2n) is 37.6. The number of esters is 2. The highest BCUT2D eigenvalue weighted by atomic mass is 16.8. The molecule has 36 atom stereocenters. The second kappa shape index (κ2) is 69.6. The molecule has 6 rings (SSSR count). The molecule has 0 aromatic heterocycles. The summed E-state index contributed by atoms with van der Waals surface area (Å²) in [7, 11) is 0. The van der Waals surface area contributed by atoms with Crippen molar-refractivity contribution in [3.63, 3.8) is 0 Å². The lowest BCUT2D eigenvalue weighted by Gasteiger charge is -2.46. The number of aliphatic carboxylic acids is 4. The van der Waals surface area contributed by atoms with Gasteiger partial charge in [0.1, 0.15) is 122 Å². The van der Waals surface area contributed by atoms with Crippen LogP contribution in [0.3, 0.4) is 0 Å². The molecule has 6 fully saturated rings. The van der Waals surface area contributed by atoms with Gasteiger partial charge < -0.3 is 168 Å². The third kappa shape index (κ3) is 47.0. The number of carboxylic acids is 4. The van der Waals surface area contributed by atoms with Gasteiger partial charge in [0.15, 0.2) is 37.7 Å². The SMILES string of the molecule is CCCCCCCC(CC(=O)O)OC(=O)CC(CCCCCCC)OC1OC(C)C(O)C(O)C1O.CCCCCCCC(CC(=O)O)OC(=O)CC(CCCCCCC)OC1OC(C)C(O)C(O)C1OC1OC(C)C(O)C(O)C1O.CCCCCCCC(CC(=O)O)OC1OC(C)C(O)C(O)C1O.CCCCCCCC(CC(=O)O)OC1OC(C)C(O)C(O)C1OC1OC(C)C(O)C(O)C1O. The summed E-state index contributed by atoms with van der Waals surface area (Å²) >= 11 is 0. The van der Waals surface area contributed by atoms with Gasteiger partial charge in [0.25, 0.3) is 0 Å². The topological polar surface area (TPSA) is 636 Å². The van der Waals surface area contributed by atoms with Crippen molar-refractivity contribution in [2.24, 2.45) is 0 Å². The summed E-state index contributed by atoms with van der Waals surface area (Å²) < 4.78 is 79.7. The Morgan fingerprint density at radius 1 is 0.213 bits per heavy atom. The Bertz CT molecular complexity index is 3150. The lowest BCUT2D eigenvalue weighted by molar-refractivity contribution is -0.366. The molecule has 0 aromatic rings. The van der Waals surface area contributed by atoms with Crippen LogP contribution in [0.2, 0.25) is 0 Å². The minimum absolute atomic E-state index is 0.112. The minimum Gasteiger partial charge on any atom is -0.481 e. The maximum absolute atomic E-state index is 13.1. The van der Waals surface area contributed by atoms with Crippen molar-refractivity contribution in [3.8, 4) is 0 Å². The monoisotopic (exact) mass is 1970 g/mol. The van der Waals surface area contributed by atoms with E-state index >= 15 is 0 Å². The molecule has 800 valence electrons. The zero-order valence-corrected chi connectivity index (χ0v) is 82.6. The molecule has 6 heterocycles. The van der Waals surface area contributed by atoms with Gasteiger partial charge in [0.05, 0.1) is 99.6 Å². The molecule has 136 heavy (non-hydrogen) atoms. The van der Waals surface area contributed by atoms with Crippen molar-refractivity contribution in [1.82, 2.24) is 0 Å². The first-order valence-corrected chi connectivity index (χ1v) is 50.5. The Kier molecular flexibility index (Phi) is 64.4. The highest BCUT2D eigenvalue weighted by Gasteiger charge is 2.54. The van der Waals surface area contributed by atoms with Gasteiger partial charge in [-0.05, 0) is 92.9 Å². The predicted octanol–water partition coefficient (Wildman–Crippen LogP) is 7.17. The molecule has 40 heteroatoms. The molecule has 6 saturated heterocycles. The van der Waals surface area contributed by atoms with Crippen molar-refractivity contribution < 1.29 is 197 Å². The maximum Gasteiger partial charge on any atom is 0.308 e. The lowest BCUT2D eigenvalue weighted by atomic mass is 9.97. The van der Waals surface area contributed by atoms with Crippen LogP contribution >= 0.6 is 0 Å². The third-order valence-corrected chi connectivity index (χ3v) is 25.5. The van der Waals surface area contributed by atoms with Crippen molar-refractivity contribution in [3.05, 3.63) is 0 Å². The van der Waals surface area contributed by atoms with Gasteiger partial charge in [0, 0.05) is 0 Å². The summed E-state index contributed by atoms with van der Waals surface area (Å²) in [4.78, 5) is 70.9. The van der Waals surface area contributed by atoms with Gasteiger partial charge in [-0.25, -0.2) is 0 Å². The van der Waals surface area contributed by atoms with Crippen LogP contribution in [0.25, 0.3) is 0 Å². The molecule has 0 radical (unpaired) electrons. The summed E-state index contributed by atoms with van der Waals surface area (Å²) in [5, 5.41) is 200. The van der Waals surface area contributed by atoms with E-state index in [0.29, 0.717) is 38.5 Å². The predicted molar refractivity (Wildman–Crippen MR) is 490 cm³/mol. The standard InChI is InChI=1S/C32H58O13.C26H48O9.C22H40O11.C16H30O7/c1-5-7-9-11-13-15-21(17-23(33)34)43-24(35)18-22(16-14-12-10-8-6-2)44-32-30(28(39)26(37)20(4)42-32)45-31-29(40)27(38)25(36)19(3)41-31;1-4-6-8-10-12-14-19(16-21(27)28)34-22(29)17-20(15-13-11-9-7-5-2)35-26-25(32)24(31)23(30)18(3)33-26;1-4-5-6-7-8-9-13(10-14(23)24)32-22-20(18(28)16(26)12(3)31-22)33-21-19(29)17(27)15(25)11(2)30-21;1-3-4-5-6-7-8-11(9-12(17)18)23-16-15(21)14(20)13(19)10(2)22-16/h19-22,25-32,36-40H,5-18H2,1-4H3,(H,33,34);18-20,23-26,30-32H,4-17H2,1-3H3,(H,27,28);11-13,15-22,25-29H,4-10H2,1-3H3,(H,23,24);10-11,13-16,19-21H,3-9H2,1-2H3,(H,17,18). The number of carbonyl (C=O) groups excluding carboxylic acids is 2. The molecule has 40 nitrogen and oxygen atoms in total. The molecule has 0 aromatic carbocycles. The van der Waals surface area contributed by atoms with Crippen LogP contribution in [0, 0.1) is 0 Å². The van der Waals surface area contributed by atoms with Crippen molar-refractivity contribution >= 4 is 35.8 Å². The van der Waals surface area contributed by atoms with Gasteiger partial charge in [-0.1, -0.05) is 221 Å². The van der Waals surface area contributed by atoms with Gasteiger partial charge in [-0.2, -0.15) is 0 Å². The zero-order chi connectivity index (χ0) is 102. The fourth-order valence-corrected chi connectivity index (χ4v) is 16.8. The summed E-state index contributed by atoms with van der Waals surface area (Å²) in [5.41, 5.74) is 0. The first-order valence-electron chi connectivity index (χ1n) is 50.5. The molecule has 0 spiro atoms. The Morgan fingerprint density at radius 2 is 0.390 bits per heavy atom. The molecule has 20 N–H and O–H groups in total. The number of rotatable bonds is 62. The van der Waals surface area contributed by atoms with E-state index in [1.54, 1.807) is 20.8 Å². The maximum atomic E-state index is 13.1. The Hall–Kier alpha value is -4.30. The number of ether oxygens (including phenoxy) is 14. The van der Waals surface area contributed by atoms with E-state index in [2.05, 4.69) is 41.5 Å². The van der Waals surface area contributed by atoms with Gasteiger partial charge >= 0.3 is 35.8 Å². The van der Waals surface area contributed by atoms with E-state index in [1.165, 1.54) is 20.8 Å². The number of hydrogen-bond donors (Lipinski definition) is 20. The number of hydrogen-bond acceptors (Lipinski definition) is 36. The number of carboxylic acid groups (broad SMARTS) is 4. The van der Waals surface area contributed by atoms with Crippen LogP contribution in [0.15, 0.2) is 0 Å².